The van der Waals surface area contributed by atoms with Gasteiger partial charge in [0, 0.05) is 6.42 Å². The lowest BCUT2D eigenvalue weighted by molar-refractivity contribution is -0.137. The third-order valence-electron chi connectivity index (χ3n) is 3.50. The lowest BCUT2D eigenvalue weighted by Crippen LogP contribution is -2.26. The molecule has 0 saturated heterocycles. The molecule has 0 saturated carbocycles. The highest BCUT2D eigenvalue weighted by Crippen LogP contribution is 2.24. The standard InChI is InChI=1S/C15H24N4O3/c1-11(2)12(20)5-7-14(3,9-16)18-19-15(4,10-17)8-6-13(21)22/h11-12,20H,5-8H2,1-4H3,(H,21,22). The Morgan fingerprint density at radius 2 is 1.59 bits per heavy atom. The van der Waals surface area contributed by atoms with Crippen LogP contribution in [0.2, 0.25) is 0 Å². The zero-order valence-corrected chi connectivity index (χ0v) is 13.6. The Bertz CT molecular complexity index is 492. The topological polar surface area (TPSA) is 130 Å². The van der Waals surface area contributed by atoms with Gasteiger partial charge in [-0.3, -0.25) is 4.79 Å². The van der Waals surface area contributed by atoms with Crippen LogP contribution in [-0.2, 0) is 4.79 Å². The van der Waals surface area contributed by atoms with Gasteiger partial charge < -0.3 is 10.2 Å². The average molecular weight is 308 g/mol. The van der Waals surface area contributed by atoms with Crippen molar-refractivity contribution in [3.05, 3.63) is 0 Å². The van der Waals surface area contributed by atoms with E-state index in [4.69, 9.17) is 10.4 Å². The molecule has 7 heteroatoms. The first kappa shape index (κ1) is 20.0. The van der Waals surface area contributed by atoms with Crippen molar-refractivity contribution in [2.24, 2.45) is 16.1 Å². The Morgan fingerprint density at radius 3 is 1.95 bits per heavy atom. The highest BCUT2D eigenvalue weighted by atomic mass is 16.4. The van der Waals surface area contributed by atoms with Gasteiger partial charge in [0.05, 0.1) is 18.2 Å². The van der Waals surface area contributed by atoms with Crippen molar-refractivity contribution < 1.29 is 15.0 Å². The van der Waals surface area contributed by atoms with Gasteiger partial charge in [0.25, 0.3) is 0 Å². The molecule has 0 aromatic heterocycles. The average Bonchev–Trinajstić information content (AvgIpc) is 2.48. The fourth-order valence-corrected chi connectivity index (χ4v) is 1.59. The van der Waals surface area contributed by atoms with E-state index >= 15 is 0 Å². The molecule has 0 aliphatic carbocycles. The monoisotopic (exact) mass is 308 g/mol. The molecule has 0 aliphatic rings. The lowest BCUT2D eigenvalue weighted by Gasteiger charge is -2.21. The van der Waals surface area contributed by atoms with E-state index in [0.717, 1.165) is 0 Å². The Labute approximate surface area is 131 Å². The summed E-state index contributed by atoms with van der Waals surface area (Å²) in [7, 11) is 0. The minimum Gasteiger partial charge on any atom is -0.481 e. The molecule has 7 nitrogen and oxygen atoms in total. The van der Waals surface area contributed by atoms with Crippen molar-refractivity contribution in [3.63, 3.8) is 0 Å². The molecule has 0 radical (unpaired) electrons. The summed E-state index contributed by atoms with van der Waals surface area (Å²) in [6.45, 7) is 6.84. The summed E-state index contributed by atoms with van der Waals surface area (Å²) in [5, 5.41) is 44.8. The highest BCUT2D eigenvalue weighted by molar-refractivity contribution is 5.66. The molecule has 22 heavy (non-hydrogen) atoms. The number of nitrogens with zero attached hydrogens (tertiary/aromatic N) is 4. The third-order valence-corrected chi connectivity index (χ3v) is 3.50. The van der Waals surface area contributed by atoms with Gasteiger partial charge in [0.2, 0.25) is 0 Å². The van der Waals surface area contributed by atoms with Gasteiger partial charge in [-0.1, -0.05) is 13.8 Å². The molecule has 3 atom stereocenters. The van der Waals surface area contributed by atoms with E-state index in [-0.39, 0.29) is 18.8 Å². The van der Waals surface area contributed by atoms with E-state index < -0.39 is 23.2 Å². The van der Waals surface area contributed by atoms with Crippen molar-refractivity contribution in [2.75, 3.05) is 0 Å². The van der Waals surface area contributed by atoms with Gasteiger partial charge in [-0.15, -0.1) is 0 Å². The summed E-state index contributed by atoms with van der Waals surface area (Å²) in [5.74, 6) is -0.931. The quantitative estimate of drug-likeness (QED) is 0.632. The molecule has 0 aromatic rings. The smallest absolute Gasteiger partial charge is 0.303 e. The summed E-state index contributed by atoms with van der Waals surface area (Å²) in [5.41, 5.74) is -2.41. The van der Waals surface area contributed by atoms with E-state index in [0.29, 0.717) is 12.8 Å². The predicted molar refractivity (Wildman–Crippen MR) is 79.8 cm³/mol. The van der Waals surface area contributed by atoms with Crippen LogP contribution >= 0.6 is 0 Å². The molecular weight excluding hydrogens is 284 g/mol. The fraction of sp³-hybridized carbons (Fsp3) is 0.800. The van der Waals surface area contributed by atoms with Gasteiger partial charge in [-0.05, 0) is 39.0 Å². The van der Waals surface area contributed by atoms with Crippen molar-refractivity contribution in [2.45, 2.75) is 70.6 Å². The number of aliphatic carboxylic acids is 1. The zero-order chi connectivity index (χ0) is 17.4. The number of aliphatic hydroxyl groups is 1. The van der Waals surface area contributed by atoms with Crippen LogP contribution in [0.3, 0.4) is 0 Å². The Morgan fingerprint density at radius 1 is 1.14 bits per heavy atom. The van der Waals surface area contributed by atoms with Crippen LogP contribution in [0.5, 0.6) is 0 Å². The fourth-order valence-electron chi connectivity index (χ4n) is 1.59. The van der Waals surface area contributed by atoms with Gasteiger partial charge in [0.1, 0.15) is 0 Å². The van der Waals surface area contributed by atoms with Crippen LogP contribution in [0, 0.1) is 28.6 Å². The number of carboxylic acids is 1. The Balaban J connectivity index is 4.91. The van der Waals surface area contributed by atoms with Crippen molar-refractivity contribution in [3.8, 4) is 12.1 Å². The molecule has 3 unspecified atom stereocenters. The van der Waals surface area contributed by atoms with Gasteiger partial charge in [0.15, 0.2) is 11.1 Å². The van der Waals surface area contributed by atoms with Crippen molar-refractivity contribution >= 4 is 5.97 Å². The van der Waals surface area contributed by atoms with E-state index in [1.165, 1.54) is 6.92 Å². The minimum absolute atomic E-state index is 0.0263. The molecule has 0 bridgehead atoms. The Kier molecular flexibility index (Phi) is 7.69. The zero-order valence-electron chi connectivity index (χ0n) is 13.6. The van der Waals surface area contributed by atoms with Crippen LogP contribution < -0.4 is 0 Å². The van der Waals surface area contributed by atoms with Crippen LogP contribution in [0.1, 0.15) is 53.4 Å². The van der Waals surface area contributed by atoms with E-state index in [1.807, 2.05) is 26.0 Å². The van der Waals surface area contributed by atoms with Crippen LogP contribution in [-0.4, -0.2) is 33.4 Å². The normalized spacial score (nSPS) is 18.2. The highest BCUT2D eigenvalue weighted by Gasteiger charge is 2.29. The first-order valence-electron chi connectivity index (χ1n) is 7.24. The number of aliphatic hydroxyl groups excluding tert-OH is 1. The number of hydrogen-bond donors (Lipinski definition) is 2. The summed E-state index contributed by atoms with van der Waals surface area (Å²) < 4.78 is 0. The first-order valence-corrected chi connectivity index (χ1v) is 7.24. The van der Waals surface area contributed by atoms with E-state index in [2.05, 4.69) is 10.2 Å². The van der Waals surface area contributed by atoms with Crippen LogP contribution in [0.15, 0.2) is 10.2 Å². The maximum absolute atomic E-state index is 10.6. The number of carboxylic acid groups (broad SMARTS) is 1. The summed E-state index contributed by atoms with van der Waals surface area (Å²) in [4.78, 5) is 10.6. The largest absolute Gasteiger partial charge is 0.481 e. The second-order valence-electron chi connectivity index (χ2n) is 6.22. The number of nitriles is 2. The second kappa shape index (κ2) is 8.45. The summed E-state index contributed by atoms with van der Waals surface area (Å²) in [6, 6.07) is 3.97. The first-order chi connectivity index (χ1) is 10.1. The number of hydrogen-bond acceptors (Lipinski definition) is 6. The molecule has 0 aliphatic heterocycles. The summed E-state index contributed by atoms with van der Waals surface area (Å²) >= 11 is 0. The molecule has 0 spiro atoms. The molecule has 0 rings (SSSR count). The number of azo groups is 1. The maximum Gasteiger partial charge on any atom is 0.303 e. The van der Waals surface area contributed by atoms with Crippen LogP contribution in [0.4, 0.5) is 0 Å². The third kappa shape index (κ3) is 7.14. The van der Waals surface area contributed by atoms with Crippen molar-refractivity contribution in [1.82, 2.24) is 0 Å². The van der Waals surface area contributed by atoms with Gasteiger partial charge in [-0.2, -0.15) is 20.8 Å². The molecule has 2 N–H and O–H groups in total. The maximum atomic E-state index is 10.6. The van der Waals surface area contributed by atoms with E-state index in [9.17, 15) is 15.2 Å². The molecule has 122 valence electrons. The number of rotatable bonds is 9. The Hall–Kier alpha value is -1.99. The molecule has 0 heterocycles. The molecule has 0 amide bonds. The van der Waals surface area contributed by atoms with Crippen LogP contribution in [0.25, 0.3) is 0 Å². The SMILES string of the molecule is CC(C)C(O)CCC(C)(C#N)N=NC(C)(C#N)CCC(=O)O. The molecular formula is C15H24N4O3. The number of carbonyl (C=O) groups is 1. The lowest BCUT2D eigenvalue weighted by atomic mass is 9.93. The minimum atomic E-state index is -1.27. The molecule has 0 fully saturated rings. The summed E-state index contributed by atoms with van der Waals surface area (Å²) in [6.07, 6.45) is 0.0141. The second-order valence-corrected chi connectivity index (χ2v) is 6.22. The predicted octanol–water partition coefficient (Wildman–Crippen LogP) is 2.67. The van der Waals surface area contributed by atoms with Gasteiger partial charge in [-0.25, -0.2) is 0 Å². The van der Waals surface area contributed by atoms with E-state index in [1.54, 1.807) is 6.92 Å². The van der Waals surface area contributed by atoms with Gasteiger partial charge >= 0.3 is 5.97 Å². The molecule has 0 aromatic carbocycles. The van der Waals surface area contributed by atoms with Crippen molar-refractivity contribution in [1.29, 1.82) is 10.5 Å².